The number of hydrogen-bond acceptors (Lipinski definition) is 4. The largest absolute Gasteiger partial charge is 0.342 e. The Kier molecular flexibility index (Phi) is 4.60. The predicted octanol–water partition coefficient (Wildman–Crippen LogP) is 4.28. The van der Waals surface area contributed by atoms with Crippen molar-refractivity contribution >= 4 is 28.6 Å². The molecular weight excluding hydrogens is 436 g/mol. The van der Waals surface area contributed by atoms with Gasteiger partial charge in [0.05, 0.1) is 5.52 Å². The van der Waals surface area contributed by atoms with Crippen LogP contribution in [0.15, 0.2) is 65.8 Å². The van der Waals surface area contributed by atoms with Crippen molar-refractivity contribution in [1.82, 2.24) is 14.8 Å². The second-order valence-electron chi connectivity index (χ2n) is 10.5. The van der Waals surface area contributed by atoms with E-state index >= 15 is 0 Å². The second-order valence-corrected chi connectivity index (χ2v) is 10.5. The lowest BCUT2D eigenvalue weighted by Gasteiger charge is -2.23. The molecule has 0 radical (unpaired) electrons. The summed E-state index contributed by atoms with van der Waals surface area (Å²) in [6.45, 7) is 2.21. The molecule has 2 aliphatic carbocycles. The van der Waals surface area contributed by atoms with Crippen LogP contribution < -0.4 is 0 Å². The number of hydrogen-bond donors (Lipinski definition) is 0. The van der Waals surface area contributed by atoms with E-state index in [1.54, 1.807) is 0 Å². The third-order valence-corrected chi connectivity index (χ3v) is 8.01. The normalized spacial score (nSPS) is 22.8. The Morgan fingerprint density at radius 3 is 2.54 bits per heavy atom. The van der Waals surface area contributed by atoms with Gasteiger partial charge in [-0.25, -0.2) is 0 Å². The first kappa shape index (κ1) is 20.8. The van der Waals surface area contributed by atoms with E-state index in [9.17, 15) is 9.59 Å². The average molecular weight is 465 g/mol. The molecule has 4 aliphatic rings. The summed E-state index contributed by atoms with van der Waals surface area (Å²) in [6, 6.07) is 18.7. The molecule has 6 nitrogen and oxygen atoms in total. The first-order chi connectivity index (χ1) is 17.1. The molecule has 3 fully saturated rings. The van der Waals surface area contributed by atoms with Gasteiger partial charge in [0, 0.05) is 42.7 Å². The van der Waals surface area contributed by atoms with E-state index in [-0.39, 0.29) is 11.8 Å². The lowest BCUT2D eigenvalue weighted by atomic mass is 9.99. The van der Waals surface area contributed by atoms with E-state index in [0.29, 0.717) is 18.4 Å². The third-order valence-electron chi connectivity index (χ3n) is 8.01. The average Bonchev–Trinajstić information content (AvgIpc) is 3.82. The van der Waals surface area contributed by atoms with E-state index in [1.807, 2.05) is 34.2 Å². The fourth-order valence-electron chi connectivity index (χ4n) is 5.67. The summed E-state index contributed by atoms with van der Waals surface area (Å²) in [5, 5.41) is 1.13. The van der Waals surface area contributed by atoms with E-state index < -0.39 is 5.54 Å². The zero-order valence-corrected chi connectivity index (χ0v) is 19.7. The molecule has 2 amide bonds. The molecule has 35 heavy (non-hydrogen) atoms. The van der Waals surface area contributed by atoms with Gasteiger partial charge < -0.3 is 4.90 Å². The van der Waals surface area contributed by atoms with Gasteiger partial charge in [-0.05, 0) is 61.3 Å². The molecule has 0 bridgehead atoms. The summed E-state index contributed by atoms with van der Waals surface area (Å²) in [5.74, 6) is 1.81. The summed E-state index contributed by atoms with van der Waals surface area (Å²) in [7, 11) is 0. The molecule has 3 aromatic rings. The molecule has 7 rings (SSSR count). The molecule has 1 atom stereocenters. The lowest BCUT2D eigenvalue weighted by Crippen LogP contribution is -2.40. The van der Waals surface area contributed by atoms with Crippen LogP contribution in [0, 0.1) is 11.8 Å². The molecule has 1 aromatic heterocycles. The molecule has 3 heterocycles. The molecule has 1 saturated heterocycles. The molecule has 176 valence electrons. The van der Waals surface area contributed by atoms with Crippen molar-refractivity contribution < 1.29 is 9.59 Å². The Balaban J connectivity index is 1.14. The maximum Gasteiger partial charge on any atom is 0.256 e. The minimum Gasteiger partial charge on any atom is -0.342 e. The van der Waals surface area contributed by atoms with Gasteiger partial charge in [0.1, 0.15) is 11.4 Å². The number of rotatable bonds is 5. The summed E-state index contributed by atoms with van der Waals surface area (Å²) < 4.78 is 0. The van der Waals surface area contributed by atoms with Gasteiger partial charge in [-0.3, -0.25) is 24.5 Å². The minimum absolute atomic E-state index is 0.142. The van der Waals surface area contributed by atoms with Crippen molar-refractivity contribution in [2.24, 2.45) is 16.8 Å². The maximum absolute atomic E-state index is 13.4. The molecule has 2 saturated carbocycles. The first-order valence-corrected chi connectivity index (χ1v) is 12.8. The number of likely N-dealkylation sites (tertiary alicyclic amines) is 1. The quantitative estimate of drug-likeness (QED) is 0.566. The van der Waals surface area contributed by atoms with Crippen LogP contribution in [0.1, 0.15) is 37.7 Å². The van der Waals surface area contributed by atoms with Gasteiger partial charge >= 0.3 is 0 Å². The summed E-state index contributed by atoms with van der Waals surface area (Å²) >= 11 is 0. The van der Waals surface area contributed by atoms with Crippen molar-refractivity contribution in [2.45, 2.75) is 37.6 Å². The molecule has 1 spiro atoms. The number of pyridine rings is 1. The van der Waals surface area contributed by atoms with Crippen LogP contribution in [0.3, 0.4) is 0 Å². The summed E-state index contributed by atoms with van der Waals surface area (Å²) in [6.07, 6.45) is 6.52. The van der Waals surface area contributed by atoms with Gasteiger partial charge in [-0.2, -0.15) is 0 Å². The van der Waals surface area contributed by atoms with Crippen LogP contribution in [0.4, 0.5) is 0 Å². The Morgan fingerprint density at radius 1 is 0.971 bits per heavy atom. The van der Waals surface area contributed by atoms with Gasteiger partial charge in [-0.15, -0.1) is 0 Å². The van der Waals surface area contributed by atoms with Crippen molar-refractivity contribution in [2.75, 3.05) is 19.6 Å². The Morgan fingerprint density at radius 2 is 1.77 bits per heavy atom. The van der Waals surface area contributed by atoms with Crippen molar-refractivity contribution in [3.63, 3.8) is 0 Å². The monoisotopic (exact) mass is 464 g/mol. The fraction of sp³-hybridized carbons (Fsp3) is 0.379. The predicted molar refractivity (Wildman–Crippen MR) is 135 cm³/mol. The molecule has 6 heteroatoms. The van der Waals surface area contributed by atoms with Gasteiger partial charge in [0.15, 0.2) is 0 Å². The zero-order chi connectivity index (χ0) is 23.6. The van der Waals surface area contributed by atoms with Crippen LogP contribution in [0.5, 0.6) is 0 Å². The van der Waals surface area contributed by atoms with E-state index in [2.05, 4.69) is 41.4 Å². The van der Waals surface area contributed by atoms with Crippen LogP contribution in [0.2, 0.25) is 0 Å². The topological polar surface area (TPSA) is 65.9 Å². The Bertz CT molecular complexity index is 1370. The second kappa shape index (κ2) is 7.74. The molecule has 2 aliphatic heterocycles. The van der Waals surface area contributed by atoms with E-state index in [1.165, 1.54) is 0 Å². The SMILES string of the molecule is O=C(C1CC1)N1CCC(CN2C(=O)C3(CC3)N=C2c2ccc(-c3cccc4ncccc34)cc2)C1. The van der Waals surface area contributed by atoms with Gasteiger partial charge in [0.25, 0.3) is 5.91 Å². The van der Waals surface area contributed by atoms with Crippen LogP contribution >= 0.6 is 0 Å². The standard InChI is InChI=1S/C29H28N4O2/c34-27(22-10-11-22)32-16-12-19(17-32)18-33-26(31-29(13-14-29)28(33)35)21-8-6-20(7-9-21)23-3-1-5-25-24(23)4-2-15-30-25/h1-9,15,19,22H,10-14,16-18H2. The van der Waals surface area contributed by atoms with Crippen molar-refractivity contribution in [3.05, 3.63) is 66.4 Å². The van der Waals surface area contributed by atoms with Crippen LogP contribution in [-0.2, 0) is 9.59 Å². The molecular formula is C29H28N4O2. The number of benzene rings is 2. The van der Waals surface area contributed by atoms with E-state index in [4.69, 9.17) is 4.99 Å². The number of fused-ring (bicyclic) bond motifs is 1. The van der Waals surface area contributed by atoms with Crippen LogP contribution in [-0.4, -0.2) is 57.6 Å². The lowest BCUT2D eigenvalue weighted by molar-refractivity contribution is -0.131. The molecule has 2 aromatic carbocycles. The Labute approximate surface area is 204 Å². The number of aliphatic imine (C=N–C) groups is 1. The van der Waals surface area contributed by atoms with Crippen molar-refractivity contribution in [3.8, 4) is 11.1 Å². The summed E-state index contributed by atoms with van der Waals surface area (Å²) in [4.78, 5) is 39.2. The minimum atomic E-state index is -0.530. The summed E-state index contributed by atoms with van der Waals surface area (Å²) in [5.41, 5.74) is 3.70. The number of nitrogens with zero attached hydrogens (tertiary/aromatic N) is 4. The van der Waals surface area contributed by atoms with Crippen LogP contribution in [0.25, 0.3) is 22.0 Å². The highest BCUT2D eigenvalue weighted by molar-refractivity contribution is 6.16. The third kappa shape index (κ3) is 3.54. The Hall–Kier alpha value is -3.54. The number of carbonyl (C=O) groups excluding carboxylic acids is 2. The number of amidine groups is 1. The zero-order valence-electron chi connectivity index (χ0n) is 19.7. The number of aromatic nitrogens is 1. The highest BCUT2D eigenvalue weighted by Crippen LogP contribution is 2.46. The smallest absolute Gasteiger partial charge is 0.256 e. The fourth-order valence-corrected chi connectivity index (χ4v) is 5.67. The maximum atomic E-state index is 13.4. The van der Waals surface area contributed by atoms with Gasteiger partial charge in [-0.1, -0.05) is 42.5 Å². The molecule has 1 unspecified atom stereocenters. The van der Waals surface area contributed by atoms with E-state index in [0.717, 1.165) is 78.6 Å². The highest BCUT2D eigenvalue weighted by Gasteiger charge is 2.57. The number of carbonyl (C=O) groups is 2. The van der Waals surface area contributed by atoms with Gasteiger partial charge in [0.2, 0.25) is 5.91 Å². The highest BCUT2D eigenvalue weighted by atomic mass is 16.2. The molecule has 0 N–H and O–H groups in total. The number of amides is 2. The first-order valence-electron chi connectivity index (χ1n) is 12.8. The van der Waals surface area contributed by atoms with Crippen molar-refractivity contribution in [1.29, 1.82) is 0 Å².